The van der Waals surface area contributed by atoms with Crippen LogP contribution in [0.4, 0.5) is 10.8 Å². The minimum atomic E-state index is -0.258. The second-order valence-corrected chi connectivity index (χ2v) is 9.22. The maximum atomic E-state index is 13.0. The molecule has 172 valence electrons. The first-order valence-electron chi connectivity index (χ1n) is 11.2. The van der Waals surface area contributed by atoms with Crippen molar-refractivity contribution in [2.24, 2.45) is 0 Å². The molecule has 4 aromatic rings. The maximum Gasteiger partial charge on any atom is 0.256 e. The van der Waals surface area contributed by atoms with E-state index in [9.17, 15) is 4.79 Å². The van der Waals surface area contributed by atoms with Crippen LogP contribution in [0.15, 0.2) is 72.9 Å². The number of hydrogen-bond acceptors (Lipinski definition) is 6. The summed E-state index contributed by atoms with van der Waals surface area (Å²) in [5.41, 5.74) is 3.70. The van der Waals surface area contributed by atoms with Gasteiger partial charge < -0.3 is 20.1 Å². The molecule has 0 fully saturated rings. The molecule has 0 spiro atoms. The molecule has 6 nitrogen and oxygen atoms in total. The highest BCUT2D eigenvalue weighted by molar-refractivity contribution is 7.16. The van der Waals surface area contributed by atoms with Crippen LogP contribution in [-0.4, -0.2) is 17.7 Å². The van der Waals surface area contributed by atoms with Gasteiger partial charge in [-0.3, -0.25) is 4.79 Å². The van der Waals surface area contributed by atoms with Crippen molar-refractivity contribution in [3.63, 3.8) is 0 Å². The summed E-state index contributed by atoms with van der Waals surface area (Å²) in [5.74, 6) is 2.06. The standard InChI is InChI=1S/C27H25N3O3S/c1-3-20-15-21(27(34-20)30-26(31)18-7-5-4-6-8-18)25(29-24-13-17(2)11-12-28-24)19-9-10-22-23(14-19)33-16-32-22/h4-15,25H,3,16H2,1-2H3,(H,28,29)(H,30,31)/t25-/m1/s1. The zero-order valence-corrected chi connectivity index (χ0v) is 19.8. The van der Waals surface area contributed by atoms with E-state index < -0.39 is 0 Å². The molecule has 1 amide bonds. The first-order chi connectivity index (χ1) is 16.6. The highest BCUT2D eigenvalue weighted by atomic mass is 32.1. The fourth-order valence-corrected chi connectivity index (χ4v) is 4.94. The lowest BCUT2D eigenvalue weighted by Gasteiger charge is -2.21. The average Bonchev–Trinajstić information content (AvgIpc) is 3.49. The monoisotopic (exact) mass is 471 g/mol. The van der Waals surface area contributed by atoms with E-state index in [1.807, 2.05) is 67.6 Å². The summed E-state index contributed by atoms with van der Waals surface area (Å²) in [7, 11) is 0. The van der Waals surface area contributed by atoms with Gasteiger partial charge in [0.1, 0.15) is 10.8 Å². The Morgan fingerprint density at radius 1 is 1.06 bits per heavy atom. The molecule has 3 heterocycles. The summed E-state index contributed by atoms with van der Waals surface area (Å²) >= 11 is 1.60. The molecule has 5 rings (SSSR count). The summed E-state index contributed by atoms with van der Waals surface area (Å²) < 4.78 is 11.2. The quantitative estimate of drug-likeness (QED) is 0.336. The number of aromatic nitrogens is 1. The molecule has 0 saturated carbocycles. The molecule has 0 bridgehead atoms. The smallest absolute Gasteiger partial charge is 0.256 e. The summed E-state index contributed by atoms with van der Waals surface area (Å²) in [5, 5.41) is 7.54. The Kier molecular flexibility index (Phi) is 6.18. The van der Waals surface area contributed by atoms with Crippen LogP contribution in [0.2, 0.25) is 0 Å². The van der Waals surface area contributed by atoms with Crippen molar-refractivity contribution in [3.05, 3.63) is 100 Å². The van der Waals surface area contributed by atoms with Gasteiger partial charge in [-0.1, -0.05) is 31.2 Å². The zero-order valence-electron chi connectivity index (χ0n) is 19.0. The van der Waals surface area contributed by atoms with Crippen molar-refractivity contribution in [2.45, 2.75) is 26.3 Å². The average molecular weight is 472 g/mol. The fraction of sp³-hybridized carbons (Fsp3) is 0.185. The Balaban J connectivity index is 1.56. The van der Waals surface area contributed by atoms with Gasteiger partial charge in [0, 0.05) is 22.2 Å². The number of carbonyl (C=O) groups is 1. The number of hydrogen-bond donors (Lipinski definition) is 2. The molecule has 2 aromatic heterocycles. The molecule has 1 aliphatic heterocycles. The van der Waals surface area contributed by atoms with Crippen LogP contribution in [0.5, 0.6) is 11.5 Å². The van der Waals surface area contributed by atoms with Crippen molar-refractivity contribution in [1.82, 2.24) is 4.98 Å². The Morgan fingerprint density at radius 3 is 2.68 bits per heavy atom. The number of amides is 1. The van der Waals surface area contributed by atoms with Crippen LogP contribution in [0.1, 0.15) is 44.9 Å². The predicted molar refractivity (Wildman–Crippen MR) is 135 cm³/mol. The van der Waals surface area contributed by atoms with E-state index in [0.29, 0.717) is 11.3 Å². The molecule has 0 unspecified atom stereocenters. The predicted octanol–water partition coefficient (Wildman–Crippen LogP) is 6.20. The molecule has 0 saturated heterocycles. The number of fused-ring (bicyclic) bond motifs is 1. The molecule has 1 aliphatic rings. The maximum absolute atomic E-state index is 13.0. The largest absolute Gasteiger partial charge is 0.454 e. The van der Waals surface area contributed by atoms with Crippen LogP contribution < -0.4 is 20.1 Å². The lowest BCUT2D eigenvalue weighted by molar-refractivity contribution is 0.102. The summed E-state index contributed by atoms with van der Waals surface area (Å²) in [6.45, 7) is 4.37. The van der Waals surface area contributed by atoms with Gasteiger partial charge >= 0.3 is 0 Å². The minimum absolute atomic E-state index is 0.135. The Morgan fingerprint density at radius 2 is 1.88 bits per heavy atom. The number of carbonyl (C=O) groups excluding carboxylic acids is 1. The summed E-state index contributed by atoms with van der Waals surface area (Å²) in [6.07, 6.45) is 2.66. The number of nitrogens with one attached hydrogen (secondary N) is 2. The minimum Gasteiger partial charge on any atom is -0.454 e. The number of anilines is 2. The van der Waals surface area contributed by atoms with E-state index >= 15 is 0 Å². The molecular formula is C27H25N3O3S. The number of thiophene rings is 1. The van der Waals surface area contributed by atoms with E-state index in [1.165, 1.54) is 4.88 Å². The second-order valence-electron chi connectivity index (χ2n) is 8.08. The molecule has 1 atom stereocenters. The molecular weight excluding hydrogens is 446 g/mol. The van der Waals surface area contributed by atoms with Gasteiger partial charge in [-0.15, -0.1) is 11.3 Å². The number of benzene rings is 2. The second kappa shape index (κ2) is 9.57. The Bertz CT molecular complexity index is 1320. The van der Waals surface area contributed by atoms with E-state index in [2.05, 4.69) is 28.6 Å². The number of aryl methyl sites for hydroxylation is 2. The third-order valence-corrected chi connectivity index (χ3v) is 6.88. The number of rotatable bonds is 7. The highest BCUT2D eigenvalue weighted by Crippen LogP contribution is 2.41. The van der Waals surface area contributed by atoms with Crippen LogP contribution in [-0.2, 0) is 6.42 Å². The first kappa shape index (κ1) is 22.0. The third-order valence-electron chi connectivity index (χ3n) is 5.67. The van der Waals surface area contributed by atoms with Crippen molar-refractivity contribution in [2.75, 3.05) is 17.4 Å². The van der Waals surface area contributed by atoms with Gasteiger partial charge in [0.25, 0.3) is 5.91 Å². The summed E-state index contributed by atoms with van der Waals surface area (Å²) in [6, 6.07) is 21.1. The zero-order chi connectivity index (χ0) is 23.5. The molecule has 2 N–H and O–H groups in total. The Labute approximate surface area is 202 Å². The number of pyridine rings is 1. The van der Waals surface area contributed by atoms with Crippen molar-refractivity contribution < 1.29 is 14.3 Å². The topological polar surface area (TPSA) is 72.5 Å². The van der Waals surface area contributed by atoms with Gasteiger partial charge in [0.2, 0.25) is 6.79 Å². The van der Waals surface area contributed by atoms with Crippen LogP contribution >= 0.6 is 11.3 Å². The lowest BCUT2D eigenvalue weighted by Crippen LogP contribution is -2.17. The molecule has 0 aliphatic carbocycles. The van der Waals surface area contributed by atoms with Gasteiger partial charge in [-0.05, 0) is 66.9 Å². The lowest BCUT2D eigenvalue weighted by atomic mass is 9.99. The molecule has 7 heteroatoms. The van der Waals surface area contributed by atoms with Crippen molar-refractivity contribution in [1.29, 1.82) is 0 Å². The third kappa shape index (κ3) is 4.61. The Hall–Kier alpha value is -3.84. The van der Waals surface area contributed by atoms with Crippen LogP contribution in [0.3, 0.4) is 0 Å². The van der Waals surface area contributed by atoms with Gasteiger partial charge in [-0.25, -0.2) is 4.98 Å². The van der Waals surface area contributed by atoms with E-state index in [4.69, 9.17) is 9.47 Å². The first-order valence-corrected chi connectivity index (χ1v) is 12.0. The van der Waals surface area contributed by atoms with Crippen molar-refractivity contribution >= 4 is 28.1 Å². The molecule has 0 radical (unpaired) electrons. The van der Waals surface area contributed by atoms with Crippen LogP contribution in [0.25, 0.3) is 0 Å². The molecule has 2 aromatic carbocycles. The SMILES string of the molecule is CCc1cc([C@H](Nc2cc(C)ccn2)c2ccc3c(c2)OCO3)c(NC(=O)c2ccccc2)s1. The van der Waals surface area contributed by atoms with Crippen molar-refractivity contribution in [3.8, 4) is 11.5 Å². The van der Waals surface area contributed by atoms with E-state index in [0.717, 1.165) is 39.7 Å². The van der Waals surface area contributed by atoms with Gasteiger partial charge in [-0.2, -0.15) is 0 Å². The summed E-state index contributed by atoms with van der Waals surface area (Å²) in [4.78, 5) is 18.7. The van der Waals surface area contributed by atoms with Crippen LogP contribution in [0, 0.1) is 6.92 Å². The van der Waals surface area contributed by atoms with Gasteiger partial charge in [0.05, 0.1) is 6.04 Å². The number of ether oxygens (including phenoxy) is 2. The van der Waals surface area contributed by atoms with E-state index in [-0.39, 0.29) is 18.7 Å². The van der Waals surface area contributed by atoms with Gasteiger partial charge in [0.15, 0.2) is 11.5 Å². The molecule has 34 heavy (non-hydrogen) atoms. The normalized spacial score (nSPS) is 12.9. The number of nitrogens with zero attached hydrogens (tertiary/aromatic N) is 1. The fourth-order valence-electron chi connectivity index (χ4n) is 3.91. The van der Waals surface area contributed by atoms with E-state index in [1.54, 1.807) is 17.5 Å². The highest BCUT2D eigenvalue weighted by Gasteiger charge is 2.25.